The van der Waals surface area contributed by atoms with Gasteiger partial charge in [0.25, 0.3) is 0 Å². The second-order valence-electron chi connectivity index (χ2n) is 5.78. The third-order valence-corrected chi connectivity index (χ3v) is 6.23. The van der Waals surface area contributed by atoms with Gasteiger partial charge in [0.2, 0.25) is 5.91 Å². The number of nitrogens with zero attached hydrogens (tertiary/aromatic N) is 1. The Labute approximate surface area is 133 Å². The third kappa shape index (κ3) is 2.24. The minimum atomic E-state index is -0.0427. The number of hydrogen-bond acceptors (Lipinski definition) is 2. The Balaban J connectivity index is 1.98. The number of hydrogen-bond donors (Lipinski definition) is 0. The fraction of sp³-hybridized carbons (Fsp3) is 0.533. The van der Waals surface area contributed by atoms with Crippen LogP contribution in [0.15, 0.2) is 18.2 Å². The maximum atomic E-state index is 12.3. The predicted molar refractivity (Wildman–Crippen MR) is 85.2 cm³/mol. The average Bonchev–Trinajstić information content (AvgIpc) is 2.72. The molecular weight excluding hydrogens is 313 g/mol. The molecule has 1 saturated carbocycles. The van der Waals surface area contributed by atoms with Crippen molar-refractivity contribution in [1.82, 2.24) is 4.90 Å². The third-order valence-electron chi connectivity index (χ3n) is 4.38. The van der Waals surface area contributed by atoms with Gasteiger partial charge in [-0.2, -0.15) is 0 Å². The van der Waals surface area contributed by atoms with Gasteiger partial charge in [-0.1, -0.05) is 43.1 Å². The van der Waals surface area contributed by atoms with E-state index in [0.717, 1.165) is 5.56 Å². The Morgan fingerprint density at radius 2 is 1.80 bits per heavy atom. The van der Waals surface area contributed by atoms with Crippen LogP contribution in [-0.2, 0) is 4.79 Å². The molecule has 1 aromatic carbocycles. The second-order valence-corrected chi connectivity index (χ2v) is 7.66. The van der Waals surface area contributed by atoms with Crippen LogP contribution in [-0.4, -0.2) is 22.6 Å². The van der Waals surface area contributed by atoms with Gasteiger partial charge < -0.3 is 4.90 Å². The molecular formula is C15H17Cl2NOS. The largest absolute Gasteiger partial charge is 0.322 e. The Morgan fingerprint density at radius 3 is 2.35 bits per heavy atom. The minimum Gasteiger partial charge on any atom is -0.322 e. The Morgan fingerprint density at radius 1 is 1.20 bits per heavy atom. The summed E-state index contributed by atoms with van der Waals surface area (Å²) < 4.78 is 0. The number of benzene rings is 1. The summed E-state index contributed by atoms with van der Waals surface area (Å²) in [6.07, 6.45) is 1.18. The van der Waals surface area contributed by atoms with Crippen molar-refractivity contribution in [3.8, 4) is 0 Å². The standard InChI is InChI=1S/C15H17Cl2NOS/c1-8-6-9(2)14(8)18-12(19)7-20-15(18)13-10(16)4-3-5-11(13)17/h3-5,8-9,14-15H,6-7H2,1-2H3. The molecule has 2 fully saturated rings. The van der Waals surface area contributed by atoms with Crippen molar-refractivity contribution >= 4 is 40.9 Å². The van der Waals surface area contributed by atoms with E-state index in [1.165, 1.54) is 6.42 Å². The van der Waals surface area contributed by atoms with Gasteiger partial charge in [-0.25, -0.2) is 0 Å². The number of carbonyl (C=O) groups is 1. The van der Waals surface area contributed by atoms with Crippen LogP contribution < -0.4 is 0 Å². The molecule has 1 saturated heterocycles. The number of thioether (sulfide) groups is 1. The molecule has 0 aromatic heterocycles. The summed E-state index contributed by atoms with van der Waals surface area (Å²) in [6.45, 7) is 4.43. The summed E-state index contributed by atoms with van der Waals surface area (Å²) in [7, 11) is 0. The van der Waals surface area contributed by atoms with Gasteiger partial charge in [-0.15, -0.1) is 11.8 Å². The van der Waals surface area contributed by atoms with E-state index in [1.807, 2.05) is 23.1 Å². The van der Waals surface area contributed by atoms with Gasteiger partial charge >= 0.3 is 0 Å². The molecule has 1 aliphatic carbocycles. The van der Waals surface area contributed by atoms with Gasteiger partial charge in [-0.05, 0) is 30.4 Å². The van der Waals surface area contributed by atoms with Crippen molar-refractivity contribution in [2.45, 2.75) is 31.7 Å². The predicted octanol–water partition coefficient (Wildman–Crippen LogP) is 4.61. The van der Waals surface area contributed by atoms with Crippen LogP contribution in [0.4, 0.5) is 0 Å². The van der Waals surface area contributed by atoms with E-state index in [9.17, 15) is 4.79 Å². The van der Waals surface area contributed by atoms with Gasteiger partial charge in [0.1, 0.15) is 5.37 Å². The van der Waals surface area contributed by atoms with Crippen LogP contribution in [0.2, 0.25) is 10.0 Å². The Kier molecular flexibility index (Phi) is 3.95. The SMILES string of the molecule is CC1CC(C)C1N1C(=O)CSC1c1c(Cl)cccc1Cl. The first-order valence-corrected chi connectivity index (χ1v) is 8.68. The molecule has 3 rings (SSSR count). The topological polar surface area (TPSA) is 20.3 Å². The van der Waals surface area contributed by atoms with E-state index in [0.29, 0.717) is 33.7 Å². The van der Waals surface area contributed by atoms with E-state index < -0.39 is 0 Å². The van der Waals surface area contributed by atoms with Crippen molar-refractivity contribution in [3.63, 3.8) is 0 Å². The molecule has 1 aliphatic heterocycles. The van der Waals surface area contributed by atoms with Crippen LogP contribution >= 0.6 is 35.0 Å². The highest BCUT2D eigenvalue weighted by atomic mass is 35.5. The number of amides is 1. The zero-order valence-electron chi connectivity index (χ0n) is 11.5. The van der Waals surface area contributed by atoms with Crippen molar-refractivity contribution < 1.29 is 4.79 Å². The highest BCUT2D eigenvalue weighted by molar-refractivity contribution is 8.00. The lowest BCUT2D eigenvalue weighted by atomic mass is 9.71. The summed E-state index contributed by atoms with van der Waals surface area (Å²) >= 11 is 14.3. The first-order valence-electron chi connectivity index (χ1n) is 6.87. The van der Waals surface area contributed by atoms with E-state index in [-0.39, 0.29) is 11.3 Å². The molecule has 1 heterocycles. The lowest BCUT2D eigenvalue weighted by Crippen LogP contribution is -2.53. The van der Waals surface area contributed by atoms with Crippen LogP contribution in [0.5, 0.6) is 0 Å². The normalized spacial score (nSPS) is 33.4. The van der Waals surface area contributed by atoms with E-state index in [2.05, 4.69) is 13.8 Å². The molecule has 1 aromatic rings. The van der Waals surface area contributed by atoms with E-state index in [1.54, 1.807) is 11.8 Å². The fourth-order valence-electron chi connectivity index (χ4n) is 3.51. The lowest BCUT2D eigenvalue weighted by molar-refractivity contribution is -0.136. The smallest absolute Gasteiger partial charge is 0.234 e. The molecule has 2 aliphatic rings. The first-order chi connectivity index (χ1) is 9.50. The van der Waals surface area contributed by atoms with Crippen LogP contribution in [0.1, 0.15) is 31.2 Å². The molecule has 0 spiro atoms. The molecule has 108 valence electrons. The summed E-state index contributed by atoms with van der Waals surface area (Å²) in [4.78, 5) is 14.3. The van der Waals surface area contributed by atoms with E-state index >= 15 is 0 Å². The summed E-state index contributed by atoms with van der Waals surface area (Å²) in [6, 6.07) is 5.85. The lowest BCUT2D eigenvalue weighted by Gasteiger charge is -2.48. The number of halogens is 2. The van der Waals surface area contributed by atoms with Crippen LogP contribution in [0, 0.1) is 11.8 Å². The van der Waals surface area contributed by atoms with Gasteiger partial charge in [-0.3, -0.25) is 4.79 Å². The van der Waals surface area contributed by atoms with Gasteiger partial charge in [0.15, 0.2) is 0 Å². The second kappa shape index (κ2) is 5.43. The zero-order chi connectivity index (χ0) is 14.4. The molecule has 3 unspecified atom stereocenters. The summed E-state index contributed by atoms with van der Waals surface area (Å²) in [5, 5.41) is 1.25. The summed E-state index contributed by atoms with van der Waals surface area (Å²) in [5.41, 5.74) is 0.887. The highest BCUT2D eigenvalue weighted by Crippen LogP contribution is 2.50. The molecule has 1 amide bonds. The number of carbonyl (C=O) groups excluding carboxylic acids is 1. The molecule has 2 nitrogen and oxygen atoms in total. The van der Waals surface area contributed by atoms with Crippen molar-refractivity contribution in [3.05, 3.63) is 33.8 Å². The monoisotopic (exact) mass is 329 g/mol. The molecule has 20 heavy (non-hydrogen) atoms. The molecule has 0 bridgehead atoms. The maximum Gasteiger partial charge on any atom is 0.234 e. The molecule has 3 atom stereocenters. The quantitative estimate of drug-likeness (QED) is 0.789. The maximum absolute atomic E-state index is 12.3. The van der Waals surface area contributed by atoms with Gasteiger partial charge in [0, 0.05) is 21.7 Å². The molecule has 5 heteroatoms. The Hall–Kier alpha value is -0.380. The van der Waals surface area contributed by atoms with E-state index in [4.69, 9.17) is 23.2 Å². The fourth-order valence-corrected chi connectivity index (χ4v) is 5.53. The average molecular weight is 330 g/mol. The molecule has 0 N–H and O–H groups in total. The Bertz CT molecular complexity index is 522. The van der Waals surface area contributed by atoms with Crippen molar-refractivity contribution in [1.29, 1.82) is 0 Å². The molecule has 0 radical (unpaired) electrons. The zero-order valence-corrected chi connectivity index (χ0v) is 13.8. The summed E-state index contributed by atoms with van der Waals surface area (Å²) in [5.74, 6) is 1.83. The first kappa shape index (κ1) is 14.6. The number of rotatable bonds is 2. The highest BCUT2D eigenvalue weighted by Gasteiger charge is 2.47. The van der Waals surface area contributed by atoms with Crippen molar-refractivity contribution in [2.24, 2.45) is 11.8 Å². The van der Waals surface area contributed by atoms with Crippen LogP contribution in [0.3, 0.4) is 0 Å². The van der Waals surface area contributed by atoms with Gasteiger partial charge in [0.05, 0.1) is 5.75 Å². The van der Waals surface area contributed by atoms with Crippen LogP contribution in [0.25, 0.3) is 0 Å². The van der Waals surface area contributed by atoms with Crippen molar-refractivity contribution in [2.75, 3.05) is 5.75 Å². The minimum absolute atomic E-state index is 0.0427.